The molecule has 0 radical (unpaired) electrons. The lowest BCUT2D eigenvalue weighted by Gasteiger charge is -2.06. The van der Waals surface area contributed by atoms with Crippen LogP contribution in [-0.2, 0) is 0 Å². The zero-order valence-electron chi connectivity index (χ0n) is 8.64. The molecule has 2 rings (SSSR count). The topological polar surface area (TPSA) is 29.1 Å². The van der Waals surface area contributed by atoms with E-state index in [0.717, 1.165) is 11.3 Å². The van der Waals surface area contributed by atoms with Crippen LogP contribution in [0.3, 0.4) is 0 Å². The van der Waals surface area contributed by atoms with Crippen molar-refractivity contribution in [2.45, 2.75) is 0 Å². The van der Waals surface area contributed by atoms with Crippen molar-refractivity contribution in [1.82, 2.24) is 0 Å². The van der Waals surface area contributed by atoms with Crippen LogP contribution >= 0.6 is 57.7 Å². The van der Waals surface area contributed by atoms with Gasteiger partial charge in [0.2, 0.25) is 0 Å². The second-order valence-electron chi connectivity index (χ2n) is 3.32. The van der Waals surface area contributed by atoms with E-state index in [2.05, 4.69) is 5.32 Å². The van der Waals surface area contributed by atoms with Crippen molar-refractivity contribution >= 4 is 69.3 Å². The molecule has 0 atom stereocenters. The first kappa shape index (κ1) is 14.0. The molecule has 2 aromatic rings. The first-order valence-electron chi connectivity index (χ1n) is 4.68. The summed E-state index contributed by atoms with van der Waals surface area (Å²) in [7, 11) is 0. The molecule has 7 heteroatoms. The van der Waals surface area contributed by atoms with Crippen LogP contribution in [0.15, 0.2) is 24.3 Å². The zero-order chi connectivity index (χ0) is 13.3. The van der Waals surface area contributed by atoms with Gasteiger partial charge in [-0.15, -0.1) is 11.3 Å². The van der Waals surface area contributed by atoms with E-state index < -0.39 is 0 Å². The van der Waals surface area contributed by atoms with E-state index in [0.29, 0.717) is 30.0 Å². The number of halogens is 4. The standard InChI is InChI=1S/C11H5Cl4NOS/c12-5-1-2-8(7(13)3-5)16-11(17)6-4-9(14)18-10(6)15/h1-4H,(H,16,17). The van der Waals surface area contributed by atoms with Gasteiger partial charge in [-0.25, -0.2) is 0 Å². The van der Waals surface area contributed by atoms with Gasteiger partial charge in [0.1, 0.15) is 4.34 Å². The molecule has 0 aliphatic rings. The fourth-order valence-electron chi connectivity index (χ4n) is 1.28. The Bertz CT molecular complexity index is 611. The summed E-state index contributed by atoms with van der Waals surface area (Å²) in [4.78, 5) is 11.9. The molecule has 18 heavy (non-hydrogen) atoms. The van der Waals surface area contributed by atoms with Gasteiger partial charge in [0.25, 0.3) is 5.91 Å². The van der Waals surface area contributed by atoms with Crippen LogP contribution in [0.25, 0.3) is 0 Å². The van der Waals surface area contributed by atoms with Gasteiger partial charge >= 0.3 is 0 Å². The number of hydrogen-bond acceptors (Lipinski definition) is 2. The first-order chi connectivity index (χ1) is 8.47. The maximum atomic E-state index is 11.9. The monoisotopic (exact) mass is 339 g/mol. The van der Waals surface area contributed by atoms with Crippen LogP contribution in [0.1, 0.15) is 10.4 Å². The normalized spacial score (nSPS) is 10.4. The summed E-state index contributed by atoms with van der Waals surface area (Å²) in [6.07, 6.45) is 0. The highest BCUT2D eigenvalue weighted by Crippen LogP contribution is 2.32. The minimum atomic E-state index is -0.368. The van der Waals surface area contributed by atoms with E-state index in [1.165, 1.54) is 6.07 Å². The maximum Gasteiger partial charge on any atom is 0.258 e. The van der Waals surface area contributed by atoms with Crippen LogP contribution in [0, 0.1) is 0 Å². The summed E-state index contributed by atoms with van der Waals surface area (Å²) in [5, 5.41) is 3.49. The van der Waals surface area contributed by atoms with Gasteiger partial charge in [0.05, 0.1) is 20.6 Å². The third kappa shape index (κ3) is 3.11. The molecule has 1 N–H and O–H groups in total. The highest BCUT2D eigenvalue weighted by atomic mass is 35.5. The van der Waals surface area contributed by atoms with Crippen LogP contribution in [0.2, 0.25) is 18.7 Å². The Labute approximate surface area is 127 Å². The number of carbonyl (C=O) groups is 1. The number of rotatable bonds is 2. The smallest absolute Gasteiger partial charge is 0.258 e. The molecule has 1 aromatic heterocycles. The zero-order valence-corrected chi connectivity index (χ0v) is 12.5. The van der Waals surface area contributed by atoms with Crippen LogP contribution in [0.4, 0.5) is 5.69 Å². The van der Waals surface area contributed by atoms with Crippen LogP contribution < -0.4 is 5.32 Å². The van der Waals surface area contributed by atoms with Crippen molar-refractivity contribution < 1.29 is 4.79 Å². The molecule has 0 bridgehead atoms. The first-order valence-corrected chi connectivity index (χ1v) is 7.01. The number of carbonyl (C=O) groups excluding carboxylic acids is 1. The summed E-state index contributed by atoms with van der Waals surface area (Å²) >= 11 is 24.5. The fraction of sp³-hybridized carbons (Fsp3) is 0. The van der Waals surface area contributed by atoms with Gasteiger partial charge in [-0.2, -0.15) is 0 Å². The van der Waals surface area contributed by atoms with E-state index in [-0.39, 0.29) is 5.91 Å². The minimum absolute atomic E-state index is 0.317. The van der Waals surface area contributed by atoms with Gasteiger partial charge in [0, 0.05) is 5.02 Å². The molecule has 0 spiro atoms. The molecule has 2 nitrogen and oxygen atoms in total. The fourth-order valence-corrected chi connectivity index (χ4v) is 3.19. The quantitative estimate of drug-likeness (QED) is 0.755. The van der Waals surface area contributed by atoms with Crippen LogP contribution in [-0.4, -0.2) is 5.91 Å². The van der Waals surface area contributed by atoms with Gasteiger partial charge in [0.15, 0.2) is 0 Å². The lowest BCUT2D eigenvalue weighted by atomic mass is 10.2. The summed E-state index contributed by atoms with van der Waals surface area (Å²) in [6, 6.07) is 6.30. The third-order valence-corrected chi connectivity index (χ3v) is 4.12. The molecule has 1 aromatic carbocycles. The van der Waals surface area contributed by atoms with Crippen molar-refractivity contribution in [1.29, 1.82) is 0 Å². The molecule has 0 saturated carbocycles. The highest BCUT2D eigenvalue weighted by Gasteiger charge is 2.15. The summed E-state index contributed by atoms with van der Waals surface area (Å²) in [5.41, 5.74) is 0.780. The van der Waals surface area contributed by atoms with Crippen molar-refractivity contribution in [3.63, 3.8) is 0 Å². The lowest BCUT2D eigenvalue weighted by Crippen LogP contribution is -2.11. The highest BCUT2D eigenvalue weighted by molar-refractivity contribution is 7.20. The molecule has 1 heterocycles. The van der Waals surface area contributed by atoms with E-state index in [4.69, 9.17) is 46.4 Å². The molecule has 1 amide bonds. The molecule has 0 unspecified atom stereocenters. The van der Waals surface area contributed by atoms with Crippen molar-refractivity contribution in [2.75, 3.05) is 5.32 Å². The van der Waals surface area contributed by atoms with Gasteiger partial charge < -0.3 is 5.32 Å². The van der Waals surface area contributed by atoms with Gasteiger partial charge in [-0.05, 0) is 24.3 Å². The van der Waals surface area contributed by atoms with Gasteiger partial charge in [-0.1, -0.05) is 46.4 Å². The second kappa shape index (κ2) is 5.68. The Balaban J connectivity index is 2.24. The number of benzene rings is 1. The SMILES string of the molecule is O=C(Nc1ccc(Cl)cc1Cl)c1cc(Cl)sc1Cl. The number of anilines is 1. The van der Waals surface area contributed by atoms with Gasteiger partial charge in [-0.3, -0.25) is 4.79 Å². The number of hydrogen-bond donors (Lipinski definition) is 1. The Kier molecular flexibility index (Phi) is 4.41. The predicted molar refractivity (Wildman–Crippen MR) is 78.8 cm³/mol. The number of thiophene rings is 1. The van der Waals surface area contributed by atoms with E-state index >= 15 is 0 Å². The Morgan fingerprint density at radius 2 is 1.83 bits per heavy atom. The predicted octanol–water partition coefficient (Wildman–Crippen LogP) is 5.61. The summed E-state index contributed by atoms with van der Waals surface area (Å²) in [5.74, 6) is -0.368. The summed E-state index contributed by atoms with van der Waals surface area (Å²) < 4.78 is 0.787. The molecule has 0 saturated heterocycles. The Morgan fingerprint density at radius 1 is 1.11 bits per heavy atom. The Morgan fingerprint density at radius 3 is 2.39 bits per heavy atom. The largest absolute Gasteiger partial charge is 0.321 e. The minimum Gasteiger partial charge on any atom is -0.321 e. The molecule has 0 aliphatic carbocycles. The third-order valence-electron chi connectivity index (χ3n) is 2.08. The molecular weight excluding hydrogens is 336 g/mol. The van der Waals surface area contributed by atoms with Crippen molar-refractivity contribution in [3.8, 4) is 0 Å². The molecule has 0 aliphatic heterocycles. The lowest BCUT2D eigenvalue weighted by molar-refractivity contribution is 0.102. The van der Waals surface area contributed by atoms with E-state index in [1.807, 2.05) is 0 Å². The second-order valence-corrected chi connectivity index (χ2v) is 6.45. The maximum absolute atomic E-state index is 11.9. The van der Waals surface area contributed by atoms with Crippen LogP contribution in [0.5, 0.6) is 0 Å². The van der Waals surface area contributed by atoms with Crippen molar-refractivity contribution in [2.24, 2.45) is 0 Å². The number of amides is 1. The van der Waals surface area contributed by atoms with E-state index in [9.17, 15) is 4.79 Å². The molecule has 94 valence electrons. The molecule has 0 fully saturated rings. The average molecular weight is 341 g/mol. The number of nitrogens with one attached hydrogen (secondary N) is 1. The average Bonchev–Trinajstić information content (AvgIpc) is 2.62. The van der Waals surface area contributed by atoms with Crippen molar-refractivity contribution in [3.05, 3.63) is 48.5 Å². The molecular formula is C11H5Cl4NOS. The van der Waals surface area contributed by atoms with E-state index in [1.54, 1.807) is 18.2 Å². The summed E-state index contributed by atoms with van der Waals surface area (Å²) in [6.45, 7) is 0. The Hall–Kier alpha value is -0.450.